The van der Waals surface area contributed by atoms with Gasteiger partial charge in [0.15, 0.2) is 0 Å². The molecule has 96 valence electrons. The molecule has 0 aliphatic heterocycles. The van der Waals surface area contributed by atoms with Crippen LogP contribution in [-0.2, 0) is 0 Å². The van der Waals surface area contributed by atoms with E-state index in [0.29, 0.717) is 10.9 Å². The molecule has 0 radical (unpaired) electrons. The van der Waals surface area contributed by atoms with Crippen LogP contribution in [0, 0.1) is 5.92 Å². The zero-order chi connectivity index (χ0) is 13.1. The van der Waals surface area contributed by atoms with Crippen molar-refractivity contribution < 1.29 is 0 Å². The summed E-state index contributed by atoms with van der Waals surface area (Å²) in [6.07, 6.45) is 3.69. The molecule has 5 heteroatoms. The van der Waals surface area contributed by atoms with Gasteiger partial charge in [0, 0.05) is 28.4 Å². The van der Waals surface area contributed by atoms with Crippen LogP contribution in [-0.4, -0.2) is 16.1 Å². The normalized spacial score (nSPS) is 10.9. The maximum absolute atomic E-state index is 6.04. The Labute approximate surface area is 120 Å². The maximum atomic E-state index is 6.04. The summed E-state index contributed by atoms with van der Waals surface area (Å²) in [6, 6.07) is 5.70. The molecule has 0 aliphatic carbocycles. The van der Waals surface area contributed by atoms with Crippen LogP contribution in [0.3, 0.4) is 0 Å². The average Bonchev–Trinajstić information content (AvgIpc) is 2.77. The maximum Gasteiger partial charge on any atom is 0.207 e. The van der Waals surface area contributed by atoms with Crippen molar-refractivity contribution in [2.75, 3.05) is 11.9 Å². The van der Waals surface area contributed by atoms with E-state index in [1.807, 2.05) is 29.0 Å². The Hall–Kier alpha value is -1.000. The molecule has 2 rings (SSSR count). The number of hydrogen-bond donors (Lipinski definition) is 1. The van der Waals surface area contributed by atoms with Crippen molar-refractivity contribution in [2.45, 2.75) is 13.8 Å². The molecule has 0 fully saturated rings. The Morgan fingerprint density at radius 3 is 2.94 bits per heavy atom. The molecule has 1 aromatic heterocycles. The molecule has 1 aromatic carbocycles. The summed E-state index contributed by atoms with van der Waals surface area (Å²) < 4.78 is 2.97. The van der Waals surface area contributed by atoms with Gasteiger partial charge in [0.2, 0.25) is 5.95 Å². The van der Waals surface area contributed by atoms with E-state index in [2.05, 4.69) is 40.1 Å². The highest BCUT2D eigenvalue weighted by Gasteiger charge is 2.08. The predicted octanol–water partition coefficient (Wildman–Crippen LogP) is 4.36. The van der Waals surface area contributed by atoms with Gasteiger partial charge in [0.1, 0.15) is 0 Å². The van der Waals surface area contributed by atoms with Crippen LogP contribution in [0.15, 0.2) is 35.1 Å². The first kappa shape index (κ1) is 13.4. The molecule has 0 saturated carbocycles. The molecule has 0 unspecified atom stereocenters. The lowest BCUT2D eigenvalue weighted by Crippen LogP contribution is -2.12. The minimum Gasteiger partial charge on any atom is -0.355 e. The van der Waals surface area contributed by atoms with Crippen LogP contribution < -0.4 is 5.32 Å². The molecule has 0 spiro atoms. The van der Waals surface area contributed by atoms with E-state index in [1.165, 1.54) is 0 Å². The number of anilines is 1. The standard InChI is InChI=1S/C13H15BrClN3/c1-9(2)8-17-13-16-5-6-18(13)12-7-10(15)3-4-11(12)14/h3-7,9H,8H2,1-2H3,(H,16,17). The van der Waals surface area contributed by atoms with Gasteiger partial charge in [-0.1, -0.05) is 25.4 Å². The van der Waals surface area contributed by atoms with Crippen LogP contribution in [0.1, 0.15) is 13.8 Å². The lowest BCUT2D eigenvalue weighted by molar-refractivity contribution is 0.683. The molecule has 18 heavy (non-hydrogen) atoms. The summed E-state index contributed by atoms with van der Waals surface area (Å²) in [5.74, 6) is 1.39. The first-order valence-electron chi connectivity index (χ1n) is 5.80. The smallest absolute Gasteiger partial charge is 0.207 e. The zero-order valence-corrected chi connectivity index (χ0v) is 12.7. The average molecular weight is 329 g/mol. The SMILES string of the molecule is CC(C)CNc1nccn1-c1cc(Cl)ccc1Br. The number of hydrogen-bond acceptors (Lipinski definition) is 2. The third kappa shape index (κ3) is 3.06. The Balaban J connectivity index is 2.33. The second-order valence-corrected chi connectivity index (χ2v) is 5.78. The van der Waals surface area contributed by atoms with E-state index >= 15 is 0 Å². The van der Waals surface area contributed by atoms with Gasteiger partial charge < -0.3 is 5.32 Å². The van der Waals surface area contributed by atoms with E-state index in [9.17, 15) is 0 Å². The summed E-state index contributed by atoms with van der Waals surface area (Å²) in [6.45, 7) is 5.21. The highest BCUT2D eigenvalue weighted by Crippen LogP contribution is 2.26. The minimum absolute atomic E-state index is 0.568. The molecule has 2 aromatic rings. The van der Waals surface area contributed by atoms with Crippen LogP contribution in [0.4, 0.5) is 5.95 Å². The Morgan fingerprint density at radius 2 is 2.22 bits per heavy atom. The Morgan fingerprint density at radius 1 is 1.44 bits per heavy atom. The van der Waals surface area contributed by atoms with Crippen molar-refractivity contribution in [3.8, 4) is 5.69 Å². The first-order valence-corrected chi connectivity index (χ1v) is 6.97. The first-order chi connectivity index (χ1) is 8.58. The topological polar surface area (TPSA) is 29.9 Å². The summed E-state index contributed by atoms with van der Waals surface area (Å²) >= 11 is 9.57. The lowest BCUT2D eigenvalue weighted by atomic mass is 10.2. The second kappa shape index (κ2) is 5.76. The monoisotopic (exact) mass is 327 g/mol. The number of rotatable bonds is 4. The Kier molecular flexibility index (Phi) is 4.30. The van der Waals surface area contributed by atoms with E-state index in [-0.39, 0.29) is 0 Å². The zero-order valence-electron chi connectivity index (χ0n) is 10.3. The van der Waals surface area contributed by atoms with Gasteiger partial charge in [-0.25, -0.2) is 4.98 Å². The van der Waals surface area contributed by atoms with Crippen LogP contribution in [0.5, 0.6) is 0 Å². The van der Waals surface area contributed by atoms with Gasteiger partial charge >= 0.3 is 0 Å². The molecular formula is C13H15BrClN3. The molecule has 0 amide bonds. The van der Waals surface area contributed by atoms with E-state index in [0.717, 1.165) is 22.7 Å². The van der Waals surface area contributed by atoms with Gasteiger partial charge in [0.25, 0.3) is 0 Å². The van der Waals surface area contributed by atoms with E-state index in [1.54, 1.807) is 6.20 Å². The highest BCUT2D eigenvalue weighted by molar-refractivity contribution is 9.10. The molecular weight excluding hydrogens is 314 g/mol. The van der Waals surface area contributed by atoms with Gasteiger partial charge in [-0.3, -0.25) is 4.57 Å². The lowest BCUT2D eigenvalue weighted by Gasteiger charge is -2.13. The number of imidazole rings is 1. The fourth-order valence-electron chi connectivity index (χ4n) is 1.59. The number of nitrogens with zero attached hydrogens (tertiary/aromatic N) is 2. The van der Waals surface area contributed by atoms with E-state index < -0.39 is 0 Å². The molecule has 0 aliphatic rings. The van der Waals surface area contributed by atoms with Crippen molar-refractivity contribution in [2.24, 2.45) is 5.92 Å². The number of halogens is 2. The fraction of sp³-hybridized carbons (Fsp3) is 0.308. The molecule has 0 bridgehead atoms. The van der Waals surface area contributed by atoms with Gasteiger partial charge in [-0.2, -0.15) is 0 Å². The molecule has 3 nitrogen and oxygen atoms in total. The fourth-order valence-corrected chi connectivity index (χ4v) is 2.20. The van der Waals surface area contributed by atoms with Crippen molar-refractivity contribution in [3.05, 3.63) is 40.1 Å². The van der Waals surface area contributed by atoms with Crippen LogP contribution in [0.2, 0.25) is 5.02 Å². The van der Waals surface area contributed by atoms with Crippen LogP contribution >= 0.6 is 27.5 Å². The highest BCUT2D eigenvalue weighted by atomic mass is 79.9. The largest absolute Gasteiger partial charge is 0.355 e. The number of benzene rings is 1. The third-order valence-electron chi connectivity index (χ3n) is 2.48. The van der Waals surface area contributed by atoms with Crippen molar-refractivity contribution >= 4 is 33.5 Å². The minimum atomic E-state index is 0.568. The third-order valence-corrected chi connectivity index (χ3v) is 3.38. The molecule has 0 atom stereocenters. The van der Waals surface area contributed by atoms with Crippen molar-refractivity contribution in [3.63, 3.8) is 0 Å². The number of nitrogens with one attached hydrogen (secondary N) is 1. The van der Waals surface area contributed by atoms with Crippen molar-refractivity contribution in [1.82, 2.24) is 9.55 Å². The quantitative estimate of drug-likeness (QED) is 0.904. The summed E-state index contributed by atoms with van der Waals surface area (Å²) in [5, 5.41) is 4.03. The molecule has 0 saturated heterocycles. The van der Waals surface area contributed by atoms with Gasteiger partial charge in [0.05, 0.1) is 5.69 Å². The summed E-state index contributed by atoms with van der Waals surface area (Å²) in [7, 11) is 0. The Bertz CT molecular complexity index is 537. The summed E-state index contributed by atoms with van der Waals surface area (Å²) in [4.78, 5) is 4.32. The van der Waals surface area contributed by atoms with Gasteiger partial charge in [-0.05, 0) is 40.0 Å². The van der Waals surface area contributed by atoms with Gasteiger partial charge in [-0.15, -0.1) is 0 Å². The number of aromatic nitrogens is 2. The second-order valence-electron chi connectivity index (χ2n) is 4.49. The van der Waals surface area contributed by atoms with Crippen molar-refractivity contribution in [1.29, 1.82) is 0 Å². The molecule has 1 N–H and O–H groups in total. The summed E-state index contributed by atoms with van der Waals surface area (Å²) in [5.41, 5.74) is 0.978. The van der Waals surface area contributed by atoms with Crippen LogP contribution in [0.25, 0.3) is 5.69 Å². The predicted molar refractivity (Wildman–Crippen MR) is 79.6 cm³/mol. The van der Waals surface area contributed by atoms with E-state index in [4.69, 9.17) is 11.6 Å². The molecule has 1 heterocycles.